The minimum Gasteiger partial charge on any atom is -0.396 e. The zero-order chi connectivity index (χ0) is 21.9. The molecule has 0 saturated carbocycles. The first kappa shape index (κ1) is 20.3. The Morgan fingerprint density at radius 3 is 2.06 bits per heavy atom. The highest BCUT2D eigenvalue weighted by Gasteiger charge is 2.21. The molecule has 3 aromatic carbocycles. The standard InChI is InChI=1S/C28H27N3O/c1-2-21-14-16-22(17-15-21)25-20-31-27(24-12-7-4-8-13-24)26(23-10-5-3-6-11-23)29-28(31)30(25)18-9-19-32/h3-8,10-17,20,32H,2,9,18-19H2,1H3. The summed E-state index contributed by atoms with van der Waals surface area (Å²) in [4.78, 5) is 5.14. The molecule has 0 fully saturated rings. The van der Waals surface area contributed by atoms with Crippen molar-refractivity contribution in [2.75, 3.05) is 6.61 Å². The van der Waals surface area contributed by atoms with Crippen LogP contribution in [0.15, 0.2) is 91.1 Å². The Morgan fingerprint density at radius 2 is 1.44 bits per heavy atom. The molecule has 32 heavy (non-hydrogen) atoms. The summed E-state index contributed by atoms with van der Waals surface area (Å²) in [7, 11) is 0. The summed E-state index contributed by atoms with van der Waals surface area (Å²) in [5.41, 5.74) is 7.87. The number of aliphatic hydroxyl groups excluding tert-OH is 1. The Kier molecular flexibility index (Phi) is 5.61. The van der Waals surface area contributed by atoms with Crippen molar-refractivity contribution < 1.29 is 5.11 Å². The van der Waals surface area contributed by atoms with E-state index in [0.717, 1.165) is 46.0 Å². The summed E-state index contributed by atoms with van der Waals surface area (Å²) in [5.74, 6) is 0.894. The third kappa shape index (κ3) is 3.63. The maximum Gasteiger partial charge on any atom is 0.215 e. The second kappa shape index (κ2) is 8.85. The van der Waals surface area contributed by atoms with Gasteiger partial charge in [0.2, 0.25) is 5.78 Å². The van der Waals surface area contributed by atoms with Gasteiger partial charge < -0.3 is 9.67 Å². The van der Waals surface area contributed by atoms with Gasteiger partial charge in [-0.1, -0.05) is 91.9 Å². The quantitative estimate of drug-likeness (QED) is 0.346. The lowest BCUT2D eigenvalue weighted by molar-refractivity contribution is 0.280. The lowest BCUT2D eigenvalue weighted by Crippen LogP contribution is -2.03. The number of imidazole rings is 2. The van der Waals surface area contributed by atoms with Gasteiger partial charge in [-0.2, -0.15) is 0 Å². The number of rotatable bonds is 7. The lowest BCUT2D eigenvalue weighted by atomic mass is 10.0. The normalized spacial score (nSPS) is 11.3. The van der Waals surface area contributed by atoms with E-state index in [4.69, 9.17) is 4.98 Å². The maximum atomic E-state index is 9.54. The van der Waals surface area contributed by atoms with Gasteiger partial charge in [-0.25, -0.2) is 4.98 Å². The van der Waals surface area contributed by atoms with E-state index in [1.807, 2.05) is 12.1 Å². The third-order valence-corrected chi connectivity index (χ3v) is 5.97. The monoisotopic (exact) mass is 421 g/mol. The first-order valence-corrected chi connectivity index (χ1v) is 11.2. The molecule has 1 N–H and O–H groups in total. The van der Waals surface area contributed by atoms with Gasteiger partial charge in [0, 0.05) is 30.5 Å². The topological polar surface area (TPSA) is 42.5 Å². The van der Waals surface area contributed by atoms with E-state index in [1.54, 1.807) is 0 Å². The Bertz CT molecular complexity index is 1320. The molecule has 4 heteroatoms. The molecule has 0 aliphatic carbocycles. The number of fused-ring (bicyclic) bond motifs is 1. The Balaban J connectivity index is 1.77. The van der Waals surface area contributed by atoms with Crippen LogP contribution < -0.4 is 0 Å². The van der Waals surface area contributed by atoms with Gasteiger partial charge in [0.15, 0.2) is 0 Å². The molecule has 0 bridgehead atoms. The number of hydrogen-bond donors (Lipinski definition) is 1. The van der Waals surface area contributed by atoms with Crippen LogP contribution in [0.3, 0.4) is 0 Å². The van der Waals surface area contributed by atoms with Crippen LogP contribution in [0.2, 0.25) is 0 Å². The molecule has 5 aromatic rings. The first-order chi connectivity index (χ1) is 15.8. The van der Waals surface area contributed by atoms with E-state index in [-0.39, 0.29) is 6.61 Å². The summed E-state index contributed by atoms with van der Waals surface area (Å²) >= 11 is 0. The van der Waals surface area contributed by atoms with Crippen LogP contribution in [0, 0.1) is 0 Å². The zero-order valence-corrected chi connectivity index (χ0v) is 18.3. The van der Waals surface area contributed by atoms with Crippen molar-refractivity contribution in [3.05, 3.63) is 96.7 Å². The smallest absolute Gasteiger partial charge is 0.215 e. The van der Waals surface area contributed by atoms with Crippen LogP contribution in [0.4, 0.5) is 0 Å². The number of nitrogens with zero attached hydrogens (tertiary/aromatic N) is 3. The summed E-state index contributed by atoms with van der Waals surface area (Å²) in [6, 6.07) is 29.5. The molecule has 2 heterocycles. The van der Waals surface area contributed by atoms with E-state index >= 15 is 0 Å². The zero-order valence-electron chi connectivity index (χ0n) is 18.3. The summed E-state index contributed by atoms with van der Waals surface area (Å²) in [6.45, 7) is 3.03. The number of hydrogen-bond acceptors (Lipinski definition) is 2. The summed E-state index contributed by atoms with van der Waals surface area (Å²) < 4.78 is 4.44. The average Bonchev–Trinajstić information content (AvgIpc) is 3.40. The van der Waals surface area contributed by atoms with Crippen LogP contribution >= 0.6 is 0 Å². The Hall–Kier alpha value is -3.63. The molecule has 2 aromatic heterocycles. The molecule has 5 rings (SSSR count). The van der Waals surface area contributed by atoms with Crippen LogP contribution in [0.1, 0.15) is 18.9 Å². The van der Waals surface area contributed by atoms with E-state index in [2.05, 4.69) is 94.9 Å². The predicted molar refractivity (Wildman–Crippen MR) is 131 cm³/mol. The van der Waals surface area contributed by atoms with Crippen molar-refractivity contribution in [2.45, 2.75) is 26.3 Å². The summed E-state index contributed by atoms with van der Waals surface area (Å²) in [5, 5.41) is 9.54. The van der Waals surface area contributed by atoms with E-state index in [9.17, 15) is 5.11 Å². The van der Waals surface area contributed by atoms with Crippen LogP contribution in [-0.4, -0.2) is 25.7 Å². The van der Waals surface area contributed by atoms with Gasteiger partial charge in [0.05, 0.1) is 17.1 Å². The van der Waals surface area contributed by atoms with Crippen molar-refractivity contribution >= 4 is 5.78 Å². The second-order valence-electron chi connectivity index (χ2n) is 8.00. The molecular weight excluding hydrogens is 394 g/mol. The second-order valence-corrected chi connectivity index (χ2v) is 8.00. The van der Waals surface area contributed by atoms with Crippen molar-refractivity contribution in [1.29, 1.82) is 0 Å². The van der Waals surface area contributed by atoms with Crippen molar-refractivity contribution in [3.8, 4) is 33.8 Å². The van der Waals surface area contributed by atoms with Crippen LogP contribution in [0.25, 0.3) is 39.5 Å². The molecule has 4 nitrogen and oxygen atoms in total. The fourth-order valence-corrected chi connectivity index (χ4v) is 4.29. The molecule has 0 aliphatic heterocycles. The third-order valence-electron chi connectivity index (χ3n) is 5.97. The highest BCUT2D eigenvalue weighted by atomic mass is 16.3. The predicted octanol–water partition coefficient (Wildman–Crippen LogP) is 6.08. The van der Waals surface area contributed by atoms with E-state index in [1.165, 1.54) is 5.56 Å². The van der Waals surface area contributed by atoms with Crippen LogP contribution in [-0.2, 0) is 13.0 Å². The first-order valence-electron chi connectivity index (χ1n) is 11.2. The molecule has 0 amide bonds. The molecule has 0 unspecified atom stereocenters. The molecule has 0 spiro atoms. The Labute approximate surface area is 188 Å². The molecule has 0 radical (unpaired) electrons. The molecule has 160 valence electrons. The SMILES string of the molecule is CCc1ccc(-c2cn3c(-c4ccccc4)c(-c4ccccc4)nc3n2CCCO)cc1. The Morgan fingerprint density at radius 1 is 0.781 bits per heavy atom. The van der Waals surface area contributed by atoms with Gasteiger partial charge in [-0.3, -0.25) is 4.40 Å². The summed E-state index contributed by atoms with van der Waals surface area (Å²) in [6.07, 6.45) is 3.89. The van der Waals surface area contributed by atoms with Crippen molar-refractivity contribution in [3.63, 3.8) is 0 Å². The van der Waals surface area contributed by atoms with Gasteiger partial charge in [-0.05, 0) is 24.0 Å². The highest BCUT2D eigenvalue weighted by Crippen LogP contribution is 2.35. The molecule has 0 saturated heterocycles. The minimum absolute atomic E-state index is 0.149. The fraction of sp³-hybridized carbons (Fsp3) is 0.179. The number of aromatic nitrogens is 3. The van der Waals surface area contributed by atoms with E-state index in [0.29, 0.717) is 13.0 Å². The number of aryl methyl sites for hydroxylation is 2. The van der Waals surface area contributed by atoms with Gasteiger partial charge >= 0.3 is 0 Å². The largest absolute Gasteiger partial charge is 0.396 e. The lowest BCUT2D eigenvalue weighted by Gasteiger charge is -2.09. The molecule has 0 aliphatic rings. The van der Waals surface area contributed by atoms with Crippen molar-refractivity contribution in [2.24, 2.45) is 0 Å². The molecular formula is C28H27N3O. The van der Waals surface area contributed by atoms with Crippen LogP contribution in [0.5, 0.6) is 0 Å². The van der Waals surface area contributed by atoms with Gasteiger partial charge in [0.1, 0.15) is 0 Å². The fourth-order valence-electron chi connectivity index (χ4n) is 4.29. The van der Waals surface area contributed by atoms with E-state index < -0.39 is 0 Å². The number of benzene rings is 3. The van der Waals surface area contributed by atoms with Gasteiger partial charge in [-0.15, -0.1) is 0 Å². The molecule has 0 atom stereocenters. The highest BCUT2D eigenvalue weighted by molar-refractivity contribution is 5.82. The average molecular weight is 422 g/mol. The van der Waals surface area contributed by atoms with Gasteiger partial charge in [0.25, 0.3) is 0 Å². The minimum atomic E-state index is 0.149. The van der Waals surface area contributed by atoms with Crippen molar-refractivity contribution in [1.82, 2.24) is 14.0 Å². The maximum absolute atomic E-state index is 9.54. The number of aliphatic hydroxyl groups is 1.